The maximum atomic E-state index is 11.1. The Morgan fingerprint density at radius 1 is 1.20 bits per heavy atom. The predicted molar refractivity (Wildman–Crippen MR) is 61.2 cm³/mol. The van der Waals surface area contributed by atoms with E-state index in [-0.39, 0.29) is 12.5 Å². The van der Waals surface area contributed by atoms with Crippen molar-refractivity contribution in [3.05, 3.63) is 0 Å². The average Bonchev–Trinajstić information content (AvgIpc) is 2.19. The van der Waals surface area contributed by atoms with E-state index in [1.165, 1.54) is 0 Å². The Balaban J connectivity index is 3.16. The zero-order valence-electron chi connectivity index (χ0n) is 9.51. The molecule has 0 rings (SSSR count). The fourth-order valence-corrected chi connectivity index (χ4v) is 1.31. The number of carbonyl (C=O) groups is 1. The van der Waals surface area contributed by atoms with Crippen molar-refractivity contribution in [2.45, 2.75) is 45.4 Å². The first kappa shape index (κ1) is 14.1. The van der Waals surface area contributed by atoms with E-state index in [2.05, 4.69) is 5.32 Å². The summed E-state index contributed by atoms with van der Waals surface area (Å²) in [6.07, 6.45) is 5.49. The van der Waals surface area contributed by atoms with Crippen LogP contribution in [0, 0.1) is 5.41 Å². The Morgan fingerprint density at radius 2 is 1.80 bits per heavy atom. The largest absolute Gasteiger partial charge is 0.395 e. The summed E-state index contributed by atoms with van der Waals surface area (Å²) < 4.78 is 0. The SMILES string of the molecule is CC(=N)CCCCCCC(=O)NCCO. The van der Waals surface area contributed by atoms with Crippen molar-refractivity contribution in [3.63, 3.8) is 0 Å². The lowest BCUT2D eigenvalue weighted by Gasteiger charge is -2.03. The van der Waals surface area contributed by atoms with Gasteiger partial charge in [0.05, 0.1) is 6.61 Å². The van der Waals surface area contributed by atoms with Gasteiger partial charge in [-0.2, -0.15) is 0 Å². The summed E-state index contributed by atoms with van der Waals surface area (Å²) in [7, 11) is 0. The Kier molecular flexibility index (Phi) is 9.07. The molecule has 0 aliphatic rings. The Morgan fingerprint density at radius 3 is 2.33 bits per heavy atom. The Bertz CT molecular complexity index is 193. The fraction of sp³-hybridized carbons (Fsp3) is 0.818. The maximum Gasteiger partial charge on any atom is 0.220 e. The molecule has 0 radical (unpaired) electrons. The Hall–Kier alpha value is -0.900. The molecule has 0 unspecified atom stereocenters. The topological polar surface area (TPSA) is 73.2 Å². The highest BCUT2D eigenvalue weighted by Crippen LogP contribution is 2.05. The van der Waals surface area contributed by atoms with Gasteiger partial charge in [-0.3, -0.25) is 4.79 Å². The summed E-state index contributed by atoms with van der Waals surface area (Å²) in [4.78, 5) is 11.1. The molecule has 4 nitrogen and oxygen atoms in total. The van der Waals surface area contributed by atoms with E-state index in [1.54, 1.807) is 0 Å². The van der Waals surface area contributed by atoms with E-state index < -0.39 is 0 Å². The number of rotatable bonds is 9. The second-order valence-corrected chi connectivity index (χ2v) is 3.77. The highest BCUT2D eigenvalue weighted by Gasteiger charge is 1.99. The quantitative estimate of drug-likeness (QED) is 0.402. The number of aliphatic hydroxyl groups excluding tert-OH is 1. The zero-order chi connectivity index (χ0) is 11.5. The number of aliphatic hydroxyl groups is 1. The van der Waals surface area contributed by atoms with Crippen molar-refractivity contribution in [1.29, 1.82) is 5.41 Å². The molecule has 0 saturated heterocycles. The summed E-state index contributed by atoms with van der Waals surface area (Å²) in [5.74, 6) is 0.0206. The molecule has 88 valence electrons. The minimum absolute atomic E-state index is 0.00432. The van der Waals surface area contributed by atoms with E-state index in [9.17, 15) is 4.79 Å². The zero-order valence-corrected chi connectivity index (χ0v) is 9.51. The number of hydrogen-bond donors (Lipinski definition) is 3. The minimum atomic E-state index is 0.00432. The van der Waals surface area contributed by atoms with Gasteiger partial charge in [0.25, 0.3) is 0 Å². The Labute approximate surface area is 91.6 Å². The molecular weight excluding hydrogens is 192 g/mol. The maximum absolute atomic E-state index is 11.1. The van der Waals surface area contributed by atoms with E-state index in [1.807, 2.05) is 6.92 Å². The standard InChI is InChI=1S/C11H22N2O2/c1-10(12)6-4-2-3-5-7-11(15)13-8-9-14/h12,14H,2-9H2,1H3,(H,13,15). The van der Waals surface area contributed by atoms with E-state index in [0.29, 0.717) is 13.0 Å². The number of unbranched alkanes of at least 4 members (excludes halogenated alkanes) is 3. The molecule has 0 spiro atoms. The summed E-state index contributed by atoms with van der Waals surface area (Å²) in [5.41, 5.74) is 0.732. The first-order valence-electron chi connectivity index (χ1n) is 5.58. The lowest BCUT2D eigenvalue weighted by atomic mass is 10.1. The highest BCUT2D eigenvalue weighted by atomic mass is 16.3. The van der Waals surface area contributed by atoms with Crippen LogP contribution in [0.1, 0.15) is 45.4 Å². The van der Waals surface area contributed by atoms with Gasteiger partial charge < -0.3 is 15.8 Å². The molecule has 0 saturated carbocycles. The lowest BCUT2D eigenvalue weighted by Crippen LogP contribution is -2.25. The van der Waals surface area contributed by atoms with Crippen LogP contribution in [0.2, 0.25) is 0 Å². The fourth-order valence-electron chi connectivity index (χ4n) is 1.31. The normalized spacial score (nSPS) is 10.0. The monoisotopic (exact) mass is 214 g/mol. The van der Waals surface area contributed by atoms with Crippen LogP contribution in [0.3, 0.4) is 0 Å². The predicted octanol–water partition coefficient (Wildman–Crippen LogP) is 1.48. The average molecular weight is 214 g/mol. The second kappa shape index (κ2) is 9.65. The van der Waals surface area contributed by atoms with Gasteiger partial charge in [0.1, 0.15) is 0 Å². The van der Waals surface area contributed by atoms with Crippen LogP contribution >= 0.6 is 0 Å². The third-order valence-corrected chi connectivity index (χ3v) is 2.14. The molecule has 0 aromatic rings. The lowest BCUT2D eigenvalue weighted by molar-refractivity contribution is -0.121. The smallest absolute Gasteiger partial charge is 0.220 e. The van der Waals surface area contributed by atoms with Crippen LogP contribution in [0.25, 0.3) is 0 Å². The van der Waals surface area contributed by atoms with Crippen molar-refractivity contribution >= 4 is 11.6 Å². The third-order valence-electron chi connectivity index (χ3n) is 2.14. The van der Waals surface area contributed by atoms with Gasteiger partial charge in [0.2, 0.25) is 5.91 Å². The van der Waals surface area contributed by atoms with Crippen LogP contribution < -0.4 is 5.32 Å². The van der Waals surface area contributed by atoms with Gasteiger partial charge in [0.15, 0.2) is 0 Å². The van der Waals surface area contributed by atoms with Gasteiger partial charge in [-0.15, -0.1) is 0 Å². The summed E-state index contributed by atoms with van der Waals surface area (Å²) in [6.45, 7) is 2.18. The van der Waals surface area contributed by atoms with Gasteiger partial charge in [-0.05, 0) is 26.2 Å². The molecule has 0 aromatic heterocycles. The van der Waals surface area contributed by atoms with Crippen LogP contribution in [0.5, 0.6) is 0 Å². The molecule has 3 N–H and O–H groups in total. The second-order valence-electron chi connectivity index (χ2n) is 3.77. The van der Waals surface area contributed by atoms with Crippen molar-refractivity contribution in [2.75, 3.05) is 13.2 Å². The molecule has 0 bridgehead atoms. The van der Waals surface area contributed by atoms with Gasteiger partial charge >= 0.3 is 0 Å². The molecule has 0 fully saturated rings. The summed E-state index contributed by atoms with van der Waals surface area (Å²) in [6, 6.07) is 0. The minimum Gasteiger partial charge on any atom is -0.395 e. The molecule has 0 aliphatic carbocycles. The van der Waals surface area contributed by atoms with E-state index in [0.717, 1.165) is 37.8 Å². The number of carbonyl (C=O) groups excluding carboxylic acids is 1. The highest BCUT2D eigenvalue weighted by molar-refractivity contribution is 5.78. The molecule has 1 amide bonds. The molecule has 4 heteroatoms. The van der Waals surface area contributed by atoms with Crippen molar-refractivity contribution < 1.29 is 9.90 Å². The van der Waals surface area contributed by atoms with Gasteiger partial charge in [-0.25, -0.2) is 0 Å². The third kappa shape index (κ3) is 11.0. The number of nitrogens with one attached hydrogen (secondary N) is 2. The van der Waals surface area contributed by atoms with Crippen LogP contribution in [-0.4, -0.2) is 29.9 Å². The summed E-state index contributed by atoms with van der Waals surface area (Å²) >= 11 is 0. The first-order valence-corrected chi connectivity index (χ1v) is 5.58. The number of amides is 1. The summed E-state index contributed by atoms with van der Waals surface area (Å²) in [5, 5.41) is 18.3. The van der Waals surface area contributed by atoms with Crippen LogP contribution in [0.15, 0.2) is 0 Å². The van der Waals surface area contributed by atoms with Crippen molar-refractivity contribution in [3.8, 4) is 0 Å². The van der Waals surface area contributed by atoms with Crippen molar-refractivity contribution in [2.24, 2.45) is 0 Å². The molecule has 15 heavy (non-hydrogen) atoms. The van der Waals surface area contributed by atoms with Crippen LogP contribution in [0.4, 0.5) is 0 Å². The van der Waals surface area contributed by atoms with E-state index in [4.69, 9.17) is 10.5 Å². The van der Waals surface area contributed by atoms with E-state index >= 15 is 0 Å². The molecule has 0 atom stereocenters. The van der Waals surface area contributed by atoms with Gasteiger partial charge in [-0.1, -0.05) is 12.8 Å². The molecular formula is C11H22N2O2. The van der Waals surface area contributed by atoms with Crippen LogP contribution in [-0.2, 0) is 4.79 Å². The number of hydrogen-bond acceptors (Lipinski definition) is 3. The first-order chi connectivity index (χ1) is 7.16. The van der Waals surface area contributed by atoms with Gasteiger partial charge in [0, 0.05) is 18.7 Å². The molecule has 0 heterocycles. The molecule has 0 aliphatic heterocycles. The van der Waals surface area contributed by atoms with Crippen molar-refractivity contribution in [1.82, 2.24) is 5.32 Å². The molecule has 0 aromatic carbocycles.